The second-order valence-corrected chi connectivity index (χ2v) is 4.80. The number of fused-ring (bicyclic) bond motifs is 1. The average Bonchev–Trinajstić information content (AvgIpc) is 2.87. The smallest absolute Gasteiger partial charge is 0.231 e. The Kier molecular flexibility index (Phi) is 2.79. The molecule has 1 heterocycles. The van der Waals surface area contributed by atoms with Gasteiger partial charge in [0, 0.05) is 0 Å². The molecule has 19 heavy (non-hydrogen) atoms. The van der Waals surface area contributed by atoms with Crippen LogP contribution in [0.3, 0.4) is 0 Å². The van der Waals surface area contributed by atoms with Crippen molar-refractivity contribution < 1.29 is 9.47 Å². The van der Waals surface area contributed by atoms with Gasteiger partial charge in [0.15, 0.2) is 11.5 Å². The standard InChI is InChI=1S/C17H16O2/c1-4-13-8-16-17(19-10-18-16)9-15(13)14-6-5-11(2)12(3)7-14/h4-9H,1,10H2,2-3H3. The summed E-state index contributed by atoms with van der Waals surface area (Å²) < 4.78 is 10.9. The van der Waals surface area contributed by atoms with E-state index in [1.807, 2.05) is 18.2 Å². The molecule has 0 spiro atoms. The third-order valence-electron chi connectivity index (χ3n) is 3.58. The maximum absolute atomic E-state index is 5.46. The van der Waals surface area contributed by atoms with Gasteiger partial charge in [0.1, 0.15) is 0 Å². The van der Waals surface area contributed by atoms with E-state index < -0.39 is 0 Å². The van der Waals surface area contributed by atoms with Crippen LogP contribution in [0.15, 0.2) is 36.9 Å². The second-order valence-electron chi connectivity index (χ2n) is 4.80. The SMILES string of the molecule is C=Cc1cc2c(cc1-c1ccc(C)c(C)c1)OCO2. The molecular formula is C17H16O2. The molecule has 0 atom stereocenters. The Hall–Kier alpha value is -2.22. The van der Waals surface area contributed by atoms with Gasteiger partial charge < -0.3 is 9.47 Å². The Bertz CT molecular complexity index is 657. The molecule has 0 fully saturated rings. The molecular weight excluding hydrogens is 236 g/mol. The number of ether oxygens (including phenoxy) is 2. The lowest BCUT2D eigenvalue weighted by Crippen LogP contribution is -1.92. The summed E-state index contributed by atoms with van der Waals surface area (Å²) in [6.07, 6.45) is 1.85. The van der Waals surface area contributed by atoms with Gasteiger partial charge in [0.2, 0.25) is 6.79 Å². The van der Waals surface area contributed by atoms with Crippen molar-refractivity contribution in [2.24, 2.45) is 0 Å². The number of aryl methyl sites for hydroxylation is 2. The topological polar surface area (TPSA) is 18.5 Å². The highest BCUT2D eigenvalue weighted by Gasteiger charge is 2.17. The van der Waals surface area contributed by atoms with Crippen LogP contribution in [0.4, 0.5) is 0 Å². The fourth-order valence-electron chi connectivity index (χ4n) is 2.29. The van der Waals surface area contributed by atoms with Gasteiger partial charge in [-0.2, -0.15) is 0 Å². The van der Waals surface area contributed by atoms with Crippen molar-refractivity contribution >= 4 is 6.08 Å². The number of hydrogen-bond donors (Lipinski definition) is 0. The Morgan fingerprint density at radius 3 is 2.42 bits per heavy atom. The summed E-state index contributed by atoms with van der Waals surface area (Å²) in [5.41, 5.74) is 5.95. The summed E-state index contributed by atoms with van der Waals surface area (Å²) in [5, 5.41) is 0. The fourth-order valence-corrected chi connectivity index (χ4v) is 2.29. The zero-order valence-electron chi connectivity index (χ0n) is 11.2. The van der Waals surface area contributed by atoms with Crippen molar-refractivity contribution in [3.63, 3.8) is 0 Å². The first kappa shape index (κ1) is 11.8. The Morgan fingerprint density at radius 1 is 1.00 bits per heavy atom. The molecule has 0 N–H and O–H groups in total. The summed E-state index contributed by atoms with van der Waals surface area (Å²) in [7, 11) is 0. The molecule has 2 nitrogen and oxygen atoms in total. The van der Waals surface area contributed by atoms with Crippen molar-refractivity contribution in [1.29, 1.82) is 0 Å². The predicted octanol–water partition coefficient (Wildman–Crippen LogP) is 4.34. The van der Waals surface area contributed by atoms with E-state index in [-0.39, 0.29) is 0 Å². The molecule has 0 amide bonds. The largest absolute Gasteiger partial charge is 0.454 e. The van der Waals surface area contributed by atoms with E-state index in [0.717, 1.165) is 22.6 Å². The highest BCUT2D eigenvalue weighted by molar-refractivity contribution is 5.78. The fraction of sp³-hybridized carbons (Fsp3) is 0.176. The van der Waals surface area contributed by atoms with Crippen molar-refractivity contribution in [3.8, 4) is 22.6 Å². The minimum absolute atomic E-state index is 0.294. The third-order valence-corrected chi connectivity index (χ3v) is 3.58. The maximum atomic E-state index is 5.46. The molecule has 0 saturated heterocycles. The Morgan fingerprint density at radius 2 is 1.74 bits per heavy atom. The van der Waals surface area contributed by atoms with E-state index in [9.17, 15) is 0 Å². The lowest BCUT2D eigenvalue weighted by molar-refractivity contribution is 0.174. The first-order valence-corrected chi connectivity index (χ1v) is 6.33. The van der Waals surface area contributed by atoms with Gasteiger partial charge in [-0.15, -0.1) is 0 Å². The van der Waals surface area contributed by atoms with Crippen LogP contribution in [0.5, 0.6) is 11.5 Å². The van der Waals surface area contributed by atoms with Gasteiger partial charge in [-0.05, 0) is 53.8 Å². The van der Waals surface area contributed by atoms with Gasteiger partial charge in [0.25, 0.3) is 0 Å². The van der Waals surface area contributed by atoms with Gasteiger partial charge in [-0.1, -0.05) is 30.9 Å². The second kappa shape index (κ2) is 4.47. The molecule has 0 radical (unpaired) electrons. The van der Waals surface area contributed by atoms with Crippen LogP contribution in [0.2, 0.25) is 0 Å². The number of benzene rings is 2. The molecule has 96 valence electrons. The van der Waals surface area contributed by atoms with Gasteiger partial charge in [-0.3, -0.25) is 0 Å². The van der Waals surface area contributed by atoms with Crippen LogP contribution in [-0.4, -0.2) is 6.79 Å². The molecule has 2 aromatic rings. The monoisotopic (exact) mass is 252 g/mol. The third kappa shape index (κ3) is 1.99. The molecule has 2 aromatic carbocycles. The lowest BCUT2D eigenvalue weighted by atomic mass is 9.96. The predicted molar refractivity (Wildman–Crippen MR) is 77.6 cm³/mol. The minimum atomic E-state index is 0.294. The molecule has 1 aliphatic rings. The van der Waals surface area contributed by atoms with Crippen molar-refractivity contribution in [1.82, 2.24) is 0 Å². The first-order chi connectivity index (χ1) is 9.19. The normalized spacial score (nSPS) is 12.5. The molecule has 0 aromatic heterocycles. The molecule has 1 aliphatic heterocycles. The average molecular weight is 252 g/mol. The molecule has 2 heteroatoms. The zero-order valence-corrected chi connectivity index (χ0v) is 11.2. The van der Waals surface area contributed by atoms with Crippen LogP contribution in [0, 0.1) is 13.8 Å². The van der Waals surface area contributed by atoms with Crippen LogP contribution >= 0.6 is 0 Å². The van der Waals surface area contributed by atoms with E-state index in [1.165, 1.54) is 16.7 Å². The maximum Gasteiger partial charge on any atom is 0.231 e. The van der Waals surface area contributed by atoms with Crippen LogP contribution in [-0.2, 0) is 0 Å². The zero-order chi connectivity index (χ0) is 13.4. The number of hydrogen-bond acceptors (Lipinski definition) is 2. The van der Waals surface area contributed by atoms with Crippen LogP contribution in [0.25, 0.3) is 17.2 Å². The molecule has 3 rings (SSSR count). The van der Waals surface area contributed by atoms with Crippen LogP contribution in [0.1, 0.15) is 16.7 Å². The molecule has 0 unspecified atom stereocenters. The van der Waals surface area contributed by atoms with E-state index in [1.54, 1.807) is 0 Å². The van der Waals surface area contributed by atoms with Gasteiger partial charge >= 0.3 is 0 Å². The summed E-state index contributed by atoms with van der Waals surface area (Å²) in [4.78, 5) is 0. The van der Waals surface area contributed by atoms with Crippen LogP contribution < -0.4 is 9.47 Å². The molecule has 0 saturated carbocycles. The lowest BCUT2D eigenvalue weighted by Gasteiger charge is -2.10. The van der Waals surface area contributed by atoms with E-state index in [4.69, 9.17) is 9.47 Å². The Balaban J connectivity index is 2.18. The van der Waals surface area contributed by atoms with Crippen molar-refractivity contribution in [2.45, 2.75) is 13.8 Å². The van der Waals surface area contributed by atoms with Gasteiger partial charge in [0.05, 0.1) is 0 Å². The summed E-state index contributed by atoms with van der Waals surface area (Å²) >= 11 is 0. The van der Waals surface area contributed by atoms with E-state index in [0.29, 0.717) is 6.79 Å². The summed E-state index contributed by atoms with van der Waals surface area (Å²) in [6.45, 7) is 8.42. The van der Waals surface area contributed by atoms with E-state index in [2.05, 4.69) is 38.6 Å². The highest BCUT2D eigenvalue weighted by Crippen LogP contribution is 2.39. The quantitative estimate of drug-likeness (QED) is 0.791. The minimum Gasteiger partial charge on any atom is -0.454 e. The first-order valence-electron chi connectivity index (χ1n) is 6.33. The molecule has 0 aliphatic carbocycles. The number of rotatable bonds is 2. The highest BCUT2D eigenvalue weighted by atomic mass is 16.7. The molecule has 0 bridgehead atoms. The summed E-state index contributed by atoms with van der Waals surface area (Å²) in [5.74, 6) is 1.60. The van der Waals surface area contributed by atoms with Crippen molar-refractivity contribution in [3.05, 3.63) is 53.6 Å². The summed E-state index contributed by atoms with van der Waals surface area (Å²) in [6, 6.07) is 10.5. The van der Waals surface area contributed by atoms with E-state index >= 15 is 0 Å². The van der Waals surface area contributed by atoms with Gasteiger partial charge in [-0.25, -0.2) is 0 Å². The van der Waals surface area contributed by atoms with Crippen molar-refractivity contribution in [2.75, 3.05) is 6.79 Å². The Labute approximate surface area is 113 Å².